The Morgan fingerprint density at radius 1 is 1.33 bits per heavy atom. The van der Waals surface area contributed by atoms with Crippen LogP contribution in [0.2, 0.25) is 0 Å². The molecule has 0 aliphatic heterocycles. The second-order valence-electron chi connectivity index (χ2n) is 3.47. The zero-order valence-corrected chi connectivity index (χ0v) is 9.50. The van der Waals surface area contributed by atoms with Crippen molar-refractivity contribution in [3.63, 3.8) is 0 Å². The molecule has 0 aliphatic carbocycles. The average Bonchev–Trinajstić information content (AvgIpc) is 2.81. The normalized spacial score (nSPS) is 12.6. The minimum absolute atomic E-state index is 0.415. The monoisotopic (exact) mass is 218 g/mol. The minimum Gasteiger partial charge on any atom is -0.305 e. The zero-order chi connectivity index (χ0) is 10.5. The molecule has 0 saturated heterocycles. The van der Waals surface area contributed by atoms with Gasteiger partial charge in [0.25, 0.3) is 0 Å². The highest BCUT2D eigenvalue weighted by Gasteiger charge is 2.04. The first-order chi connectivity index (χ1) is 7.36. The van der Waals surface area contributed by atoms with Crippen LogP contribution in [0.5, 0.6) is 0 Å². The van der Waals surface area contributed by atoms with Crippen molar-refractivity contribution in [3.8, 4) is 0 Å². The average molecular weight is 218 g/mol. The second kappa shape index (κ2) is 5.05. The van der Waals surface area contributed by atoms with Gasteiger partial charge < -0.3 is 5.32 Å². The van der Waals surface area contributed by atoms with Gasteiger partial charge in [-0.15, -0.1) is 11.3 Å². The molecule has 2 rings (SSSR count). The van der Waals surface area contributed by atoms with E-state index in [1.54, 1.807) is 11.3 Å². The number of aromatic nitrogens is 1. The van der Waals surface area contributed by atoms with Crippen LogP contribution in [0.3, 0.4) is 0 Å². The lowest BCUT2D eigenvalue weighted by atomic mass is 10.2. The number of hydrogen-bond acceptors (Lipinski definition) is 3. The Kier molecular flexibility index (Phi) is 3.48. The summed E-state index contributed by atoms with van der Waals surface area (Å²) in [4.78, 5) is 5.38. The topological polar surface area (TPSA) is 24.9 Å². The first kappa shape index (κ1) is 10.3. The van der Waals surface area contributed by atoms with Crippen LogP contribution in [0.15, 0.2) is 42.0 Å². The van der Waals surface area contributed by atoms with Crippen LogP contribution in [0.25, 0.3) is 0 Å². The van der Waals surface area contributed by atoms with E-state index in [1.165, 1.54) is 10.4 Å². The van der Waals surface area contributed by atoms with Gasteiger partial charge in [-0.25, -0.2) is 0 Å². The van der Waals surface area contributed by atoms with Gasteiger partial charge in [0, 0.05) is 29.9 Å². The number of pyridine rings is 1. The summed E-state index contributed by atoms with van der Waals surface area (Å²) >= 11 is 1.79. The van der Waals surface area contributed by atoms with Crippen molar-refractivity contribution in [3.05, 3.63) is 52.5 Å². The van der Waals surface area contributed by atoms with E-state index in [-0.39, 0.29) is 0 Å². The Bertz CT molecular complexity index is 383. The first-order valence-electron chi connectivity index (χ1n) is 5.02. The number of nitrogens with zero attached hydrogens (tertiary/aromatic N) is 1. The molecule has 0 aromatic carbocycles. The van der Waals surface area contributed by atoms with E-state index in [0.29, 0.717) is 6.04 Å². The fourth-order valence-corrected chi connectivity index (χ4v) is 2.17. The van der Waals surface area contributed by atoms with Gasteiger partial charge in [-0.05, 0) is 36.1 Å². The molecule has 0 aliphatic rings. The number of rotatable bonds is 4. The number of nitrogens with one attached hydrogen (secondary N) is 1. The third-order valence-electron chi connectivity index (χ3n) is 2.33. The van der Waals surface area contributed by atoms with E-state index in [0.717, 1.165) is 6.54 Å². The van der Waals surface area contributed by atoms with Crippen molar-refractivity contribution >= 4 is 11.3 Å². The lowest BCUT2D eigenvalue weighted by molar-refractivity contribution is 0.582. The summed E-state index contributed by atoms with van der Waals surface area (Å²) in [5.41, 5.74) is 1.27. The molecule has 0 spiro atoms. The summed E-state index contributed by atoms with van der Waals surface area (Å²) in [5.74, 6) is 0. The molecule has 2 heterocycles. The fourth-order valence-electron chi connectivity index (χ4n) is 1.41. The SMILES string of the molecule is C[C@@H](NCc1ccncc1)c1cccs1. The van der Waals surface area contributed by atoms with Gasteiger partial charge in [-0.2, -0.15) is 0 Å². The van der Waals surface area contributed by atoms with Crippen molar-refractivity contribution in [2.75, 3.05) is 0 Å². The third-order valence-corrected chi connectivity index (χ3v) is 3.39. The van der Waals surface area contributed by atoms with Crippen molar-refractivity contribution in [2.24, 2.45) is 0 Å². The van der Waals surface area contributed by atoms with E-state index in [4.69, 9.17) is 0 Å². The molecule has 2 nitrogen and oxygen atoms in total. The summed E-state index contributed by atoms with van der Waals surface area (Å²) in [5, 5.41) is 5.59. The van der Waals surface area contributed by atoms with Crippen LogP contribution < -0.4 is 5.32 Å². The van der Waals surface area contributed by atoms with Gasteiger partial charge in [0.1, 0.15) is 0 Å². The van der Waals surface area contributed by atoms with Crippen LogP contribution in [0.1, 0.15) is 23.4 Å². The van der Waals surface area contributed by atoms with Crippen molar-refractivity contribution in [1.82, 2.24) is 10.3 Å². The van der Waals surface area contributed by atoms with Crippen molar-refractivity contribution < 1.29 is 0 Å². The lowest BCUT2D eigenvalue weighted by Crippen LogP contribution is -2.16. The maximum atomic E-state index is 4.00. The maximum absolute atomic E-state index is 4.00. The quantitative estimate of drug-likeness (QED) is 0.853. The standard InChI is InChI=1S/C12H14N2S/c1-10(12-3-2-8-15-12)14-9-11-4-6-13-7-5-11/h2-8,10,14H,9H2,1H3/t10-/m1/s1. The van der Waals surface area contributed by atoms with E-state index in [1.807, 2.05) is 24.5 Å². The predicted octanol–water partition coefficient (Wildman–Crippen LogP) is 2.99. The molecule has 0 fully saturated rings. The highest BCUT2D eigenvalue weighted by atomic mass is 32.1. The molecule has 1 atom stereocenters. The Morgan fingerprint density at radius 3 is 2.80 bits per heavy atom. The maximum Gasteiger partial charge on any atom is 0.0388 e. The number of thiophene rings is 1. The molecule has 78 valence electrons. The molecule has 1 N–H and O–H groups in total. The molecular formula is C12H14N2S. The molecule has 3 heteroatoms. The van der Waals surface area contributed by atoms with E-state index < -0.39 is 0 Å². The van der Waals surface area contributed by atoms with Gasteiger partial charge in [-0.3, -0.25) is 4.98 Å². The van der Waals surface area contributed by atoms with Crippen LogP contribution >= 0.6 is 11.3 Å². The van der Waals surface area contributed by atoms with Gasteiger partial charge in [0.15, 0.2) is 0 Å². The molecule has 2 aromatic heterocycles. The zero-order valence-electron chi connectivity index (χ0n) is 8.68. The van der Waals surface area contributed by atoms with Crippen LogP contribution in [0, 0.1) is 0 Å². The first-order valence-corrected chi connectivity index (χ1v) is 5.90. The predicted molar refractivity (Wildman–Crippen MR) is 63.8 cm³/mol. The van der Waals surface area contributed by atoms with Gasteiger partial charge in [-0.1, -0.05) is 6.07 Å². The van der Waals surface area contributed by atoms with Crippen molar-refractivity contribution in [2.45, 2.75) is 19.5 Å². The van der Waals surface area contributed by atoms with Crippen LogP contribution in [-0.4, -0.2) is 4.98 Å². The summed E-state index contributed by atoms with van der Waals surface area (Å²) in [6, 6.07) is 8.74. The van der Waals surface area contributed by atoms with Crippen molar-refractivity contribution in [1.29, 1.82) is 0 Å². The molecule has 15 heavy (non-hydrogen) atoms. The molecular weight excluding hydrogens is 204 g/mol. The van der Waals surface area contributed by atoms with E-state index in [9.17, 15) is 0 Å². The Morgan fingerprint density at radius 2 is 2.13 bits per heavy atom. The summed E-state index contributed by atoms with van der Waals surface area (Å²) in [6.07, 6.45) is 3.65. The van der Waals surface area contributed by atoms with E-state index >= 15 is 0 Å². The molecule has 0 amide bonds. The van der Waals surface area contributed by atoms with Crippen LogP contribution in [0.4, 0.5) is 0 Å². The second-order valence-corrected chi connectivity index (χ2v) is 4.45. The Balaban J connectivity index is 1.89. The summed E-state index contributed by atoms with van der Waals surface area (Å²) < 4.78 is 0. The highest BCUT2D eigenvalue weighted by molar-refractivity contribution is 7.10. The van der Waals surface area contributed by atoms with E-state index in [2.05, 4.69) is 34.7 Å². The lowest BCUT2D eigenvalue weighted by Gasteiger charge is -2.11. The largest absolute Gasteiger partial charge is 0.305 e. The highest BCUT2D eigenvalue weighted by Crippen LogP contribution is 2.18. The van der Waals surface area contributed by atoms with Gasteiger partial charge in [0.05, 0.1) is 0 Å². The molecule has 0 saturated carbocycles. The van der Waals surface area contributed by atoms with Crippen LogP contribution in [-0.2, 0) is 6.54 Å². The fraction of sp³-hybridized carbons (Fsp3) is 0.250. The molecule has 0 bridgehead atoms. The Labute approximate surface area is 94.0 Å². The molecule has 0 unspecified atom stereocenters. The number of hydrogen-bond donors (Lipinski definition) is 1. The molecule has 0 radical (unpaired) electrons. The Hall–Kier alpha value is -1.19. The van der Waals surface area contributed by atoms with Gasteiger partial charge >= 0.3 is 0 Å². The third kappa shape index (κ3) is 2.88. The van der Waals surface area contributed by atoms with Gasteiger partial charge in [0.2, 0.25) is 0 Å². The summed E-state index contributed by atoms with van der Waals surface area (Å²) in [6.45, 7) is 3.08. The smallest absolute Gasteiger partial charge is 0.0388 e. The molecule has 2 aromatic rings. The summed E-state index contributed by atoms with van der Waals surface area (Å²) in [7, 11) is 0. The minimum atomic E-state index is 0.415.